The van der Waals surface area contributed by atoms with Gasteiger partial charge < -0.3 is 4.90 Å². The summed E-state index contributed by atoms with van der Waals surface area (Å²) in [5, 5.41) is -0.530. The van der Waals surface area contributed by atoms with E-state index >= 15 is 4.39 Å². The van der Waals surface area contributed by atoms with Crippen LogP contribution < -0.4 is 5.48 Å². The third kappa shape index (κ3) is 4.68. The number of nitrogens with zero attached hydrogens (tertiary/aromatic N) is 1. The fraction of sp³-hybridized carbons (Fsp3) is 0.318. The first kappa shape index (κ1) is 25.2. The van der Waals surface area contributed by atoms with Gasteiger partial charge in [0.05, 0.1) is 23.8 Å². The Morgan fingerprint density at radius 3 is 2.17 bits per heavy atom. The first-order valence-corrected chi connectivity index (χ1v) is 10.3. The van der Waals surface area contributed by atoms with E-state index in [4.69, 9.17) is 16.4 Å². The zero-order chi connectivity index (χ0) is 25.8. The lowest BCUT2D eigenvalue weighted by Gasteiger charge is -2.44. The third-order valence-electron chi connectivity index (χ3n) is 5.74. The first-order chi connectivity index (χ1) is 16.1. The third-order valence-corrected chi connectivity index (χ3v) is 6.03. The van der Waals surface area contributed by atoms with E-state index in [1.165, 1.54) is 24.3 Å². The monoisotopic (exact) mass is 526 g/mol. The molecule has 0 spiro atoms. The van der Waals surface area contributed by atoms with Gasteiger partial charge in [0.2, 0.25) is 11.5 Å². The minimum atomic E-state index is -4.97. The van der Waals surface area contributed by atoms with Gasteiger partial charge in [-0.2, -0.15) is 26.3 Å². The molecule has 188 valence electrons. The van der Waals surface area contributed by atoms with E-state index in [1.54, 1.807) is 0 Å². The van der Waals surface area contributed by atoms with Gasteiger partial charge in [0.15, 0.2) is 5.67 Å². The molecule has 0 saturated carbocycles. The fourth-order valence-electron chi connectivity index (χ4n) is 3.86. The summed E-state index contributed by atoms with van der Waals surface area (Å²) in [5.41, 5.74) is -3.25. The zero-order valence-electron chi connectivity index (χ0n) is 17.4. The second kappa shape index (κ2) is 8.37. The summed E-state index contributed by atoms with van der Waals surface area (Å²) in [6, 6.07) is 7.55. The Morgan fingerprint density at radius 1 is 1.03 bits per heavy atom. The maximum absolute atomic E-state index is 15.0. The van der Waals surface area contributed by atoms with Crippen molar-refractivity contribution in [3.63, 3.8) is 0 Å². The number of carbonyl (C=O) groups excluding carboxylic acids is 1. The summed E-state index contributed by atoms with van der Waals surface area (Å²) < 4.78 is 108. The van der Waals surface area contributed by atoms with Gasteiger partial charge in [0, 0.05) is 5.56 Å². The number of halogens is 9. The Labute approximate surface area is 198 Å². The normalized spacial score (nSPS) is 21.9. The van der Waals surface area contributed by atoms with Crippen molar-refractivity contribution in [3.05, 3.63) is 76.1 Å². The SMILES string of the molecule is O=C(CC(F)(F)F)N1CC(F)(c2ccc(C3=CC(c4ccc(F)c(Cl)c4)(C(F)(F)F)ON3)cc2)C1. The number of hydroxylamine groups is 1. The Bertz CT molecular complexity index is 1170. The van der Waals surface area contributed by atoms with Crippen LogP contribution in [0.2, 0.25) is 5.02 Å². The number of carbonyl (C=O) groups is 1. The Hall–Kier alpha value is -2.86. The Morgan fingerprint density at radius 2 is 1.63 bits per heavy atom. The van der Waals surface area contributed by atoms with E-state index in [0.29, 0.717) is 0 Å². The van der Waals surface area contributed by atoms with Gasteiger partial charge in [-0.05, 0) is 29.3 Å². The number of nitrogens with one attached hydrogen (secondary N) is 1. The largest absolute Gasteiger partial charge is 0.428 e. The van der Waals surface area contributed by atoms with Crippen molar-refractivity contribution in [2.45, 2.75) is 30.0 Å². The van der Waals surface area contributed by atoms with Crippen LogP contribution in [0.3, 0.4) is 0 Å². The van der Waals surface area contributed by atoms with Crippen molar-refractivity contribution in [1.82, 2.24) is 10.4 Å². The second-order valence-electron chi connectivity index (χ2n) is 8.21. The zero-order valence-corrected chi connectivity index (χ0v) is 18.2. The lowest BCUT2D eigenvalue weighted by molar-refractivity contribution is -0.269. The minimum absolute atomic E-state index is 0.0456. The molecule has 1 atom stereocenters. The molecule has 1 N–H and O–H groups in total. The number of alkyl halides is 7. The van der Waals surface area contributed by atoms with Crippen LogP contribution in [0.15, 0.2) is 48.5 Å². The number of benzene rings is 2. The maximum Gasteiger partial charge on any atom is 0.428 e. The summed E-state index contributed by atoms with van der Waals surface area (Å²) in [7, 11) is 0. The van der Waals surface area contributed by atoms with Crippen LogP contribution in [0.25, 0.3) is 5.70 Å². The lowest BCUT2D eigenvalue weighted by Crippen LogP contribution is -2.59. The van der Waals surface area contributed by atoms with Crippen LogP contribution in [-0.4, -0.2) is 36.2 Å². The molecule has 1 saturated heterocycles. The molecule has 1 amide bonds. The molecule has 35 heavy (non-hydrogen) atoms. The molecule has 2 aromatic rings. The van der Waals surface area contributed by atoms with Crippen molar-refractivity contribution in [2.75, 3.05) is 13.1 Å². The van der Waals surface area contributed by atoms with E-state index in [-0.39, 0.29) is 16.8 Å². The Kier molecular flexibility index (Phi) is 6.03. The molecule has 2 aliphatic rings. The summed E-state index contributed by atoms with van der Waals surface area (Å²) in [6.45, 7) is -1.15. The predicted molar refractivity (Wildman–Crippen MR) is 108 cm³/mol. The predicted octanol–water partition coefficient (Wildman–Crippen LogP) is 5.77. The summed E-state index contributed by atoms with van der Waals surface area (Å²) >= 11 is 5.64. The van der Waals surface area contributed by atoms with Gasteiger partial charge in [-0.15, -0.1) is 0 Å². The van der Waals surface area contributed by atoms with Crippen LogP contribution in [0.5, 0.6) is 0 Å². The van der Waals surface area contributed by atoms with Crippen molar-refractivity contribution in [3.8, 4) is 0 Å². The quantitative estimate of drug-likeness (QED) is 0.514. The van der Waals surface area contributed by atoms with Gasteiger partial charge in [0.1, 0.15) is 12.2 Å². The highest BCUT2D eigenvalue weighted by Crippen LogP contribution is 2.48. The molecule has 0 bridgehead atoms. The van der Waals surface area contributed by atoms with E-state index in [0.717, 1.165) is 29.2 Å². The maximum atomic E-state index is 15.0. The second-order valence-corrected chi connectivity index (χ2v) is 8.62. The first-order valence-electron chi connectivity index (χ1n) is 9.97. The molecule has 0 radical (unpaired) electrons. The van der Waals surface area contributed by atoms with Gasteiger partial charge in [-0.25, -0.2) is 8.78 Å². The summed E-state index contributed by atoms with van der Waals surface area (Å²) in [5.74, 6) is -2.16. The molecule has 2 aromatic carbocycles. The molecule has 0 aliphatic carbocycles. The number of rotatable bonds is 4. The van der Waals surface area contributed by atoms with Crippen LogP contribution in [-0.2, 0) is 20.9 Å². The number of amides is 1. The van der Waals surface area contributed by atoms with Crippen molar-refractivity contribution in [2.24, 2.45) is 0 Å². The molecule has 13 heteroatoms. The van der Waals surface area contributed by atoms with Gasteiger partial charge in [0.25, 0.3) is 0 Å². The molecular formula is C22H15ClF8N2O2. The van der Waals surface area contributed by atoms with E-state index in [9.17, 15) is 35.5 Å². The highest BCUT2D eigenvalue weighted by atomic mass is 35.5. The van der Waals surface area contributed by atoms with Crippen molar-refractivity contribution < 1.29 is 44.8 Å². The molecule has 0 aromatic heterocycles. The molecule has 2 heterocycles. The van der Waals surface area contributed by atoms with Gasteiger partial charge >= 0.3 is 12.4 Å². The minimum Gasteiger partial charge on any atom is -0.335 e. The van der Waals surface area contributed by atoms with Crippen LogP contribution >= 0.6 is 11.6 Å². The summed E-state index contributed by atoms with van der Waals surface area (Å²) in [4.78, 5) is 17.2. The fourth-order valence-corrected chi connectivity index (χ4v) is 4.04. The smallest absolute Gasteiger partial charge is 0.335 e. The molecule has 1 unspecified atom stereocenters. The van der Waals surface area contributed by atoms with E-state index in [1.807, 2.05) is 0 Å². The number of hydrogen-bond acceptors (Lipinski definition) is 3. The molecule has 4 rings (SSSR count). The van der Waals surface area contributed by atoms with E-state index < -0.39 is 65.4 Å². The number of hydrogen-bond donors (Lipinski definition) is 1. The standard InChI is InChI=1S/C22H15ClF8N2O2/c23-15-7-14(5-6-16(15)24)20(22(29,30)31)8-17(32-35-20)12-1-3-13(4-2-12)19(25)10-33(11-19)18(34)9-21(26,27)28/h1-8,32H,9-11H2. The lowest BCUT2D eigenvalue weighted by atomic mass is 9.86. The topological polar surface area (TPSA) is 41.6 Å². The molecule has 4 nitrogen and oxygen atoms in total. The van der Waals surface area contributed by atoms with Crippen molar-refractivity contribution >= 4 is 23.2 Å². The summed E-state index contributed by atoms with van der Waals surface area (Å²) in [6.07, 6.45) is -10.6. The number of likely N-dealkylation sites (tertiary alicyclic amines) is 1. The molecular weight excluding hydrogens is 512 g/mol. The average Bonchev–Trinajstić information content (AvgIpc) is 3.19. The van der Waals surface area contributed by atoms with Crippen LogP contribution in [0.4, 0.5) is 35.1 Å². The molecule has 1 fully saturated rings. The average molecular weight is 527 g/mol. The molecule has 2 aliphatic heterocycles. The Balaban J connectivity index is 1.55. The van der Waals surface area contributed by atoms with Crippen LogP contribution in [0, 0.1) is 5.82 Å². The highest BCUT2D eigenvalue weighted by Gasteiger charge is 2.59. The van der Waals surface area contributed by atoms with Gasteiger partial charge in [-0.1, -0.05) is 41.9 Å². The van der Waals surface area contributed by atoms with Crippen LogP contribution in [0.1, 0.15) is 23.1 Å². The van der Waals surface area contributed by atoms with E-state index in [2.05, 4.69) is 5.48 Å². The van der Waals surface area contributed by atoms with Crippen molar-refractivity contribution in [1.29, 1.82) is 0 Å². The highest BCUT2D eigenvalue weighted by molar-refractivity contribution is 6.30. The van der Waals surface area contributed by atoms with Gasteiger partial charge in [-0.3, -0.25) is 15.1 Å².